The van der Waals surface area contributed by atoms with Crippen LogP contribution in [0.1, 0.15) is 38.5 Å². The van der Waals surface area contributed by atoms with E-state index in [1.807, 2.05) is 20.8 Å². The third-order valence-electron chi connectivity index (χ3n) is 3.86. The highest BCUT2D eigenvalue weighted by Crippen LogP contribution is 2.26. The van der Waals surface area contributed by atoms with Gasteiger partial charge < -0.3 is 20.5 Å². The van der Waals surface area contributed by atoms with E-state index in [2.05, 4.69) is 21.1 Å². The van der Waals surface area contributed by atoms with Crippen LogP contribution in [0.2, 0.25) is 0 Å². The molecule has 0 bridgehead atoms. The maximum Gasteiger partial charge on any atom is 0.235 e. The molecule has 3 N–H and O–H groups in total. The third kappa shape index (κ3) is 4.08. The van der Waals surface area contributed by atoms with Crippen molar-refractivity contribution in [1.29, 1.82) is 0 Å². The summed E-state index contributed by atoms with van der Waals surface area (Å²) < 4.78 is 5.18. The van der Waals surface area contributed by atoms with Gasteiger partial charge in [-0.3, -0.25) is 14.4 Å². The van der Waals surface area contributed by atoms with E-state index in [4.69, 9.17) is 4.52 Å². The van der Waals surface area contributed by atoms with Gasteiger partial charge in [-0.25, -0.2) is 0 Å². The number of hydrogen-bond acceptors (Lipinski definition) is 5. The minimum atomic E-state index is -0.495. The van der Waals surface area contributed by atoms with Gasteiger partial charge in [-0.2, -0.15) is 0 Å². The lowest BCUT2D eigenvalue weighted by molar-refractivity contribution is -0.123. The van der Waals surface area contributed by atoms with E-state index in [9.17, 15) is 14.4 Å². The molecular weight excluding hydrogens is 336 g/mol. The summed E-state index contributed by atoms with van der Waals surface area (Å²) in [5.41, 5.74) is 1.84. The first-order valence-electron chi connectivity index (χ1n) is 8.20. The van der Waals surface area contributed by atoms with Gasteiger partial charge in [0.1, 0.15) is 12.2 Å². The van der Waals surface area contributed by atoms with E-state index in [-0.39, 0.29) is 23.6 Å². The zero-order valence-corrected chi connectivity index (χ0v) is 14.8. The van der Waals surface area contributed by atoms with E-state index in [1.165, 1.54) is 0 Å². The summed E-state index contributed by atoms with van der Waals surface area (Å²) in [4.78, 5) is 35.4. The molecule has 1 aromatic carbocycles. The van der Waals surface area contributed by atoms with E-state index in [0.717, 1.165) is 5.56 Å². The second-order valence-corrected chi connectivity index (χ2v) is 7.20. The Morgan fingerprint density at radius 3 is 2.62 bits per heavy atom. The first-order valence-corrected chi connectivity index (χ1v) is 8.20. The first kappa shape index (κ1) is 17.7. The Labute approximate surface area is 150 Å². The SMILES string of the molecule is CC(C)(C)c1cc(NC(=O)CC(=O)Nc2ccc3c(c2)NC(=O)C3)no1. The number of nitrogens with zero attached hydrogens (tertiary/aromatic N) is 1. The molecule has 2 heterocycles. The molecule has 0 unspecified atom stereocenters. The fourth-order valence-electron chi connectivity index (χ4n) is 2.52. The molecule has 0 saturated heterocycles. The van der Waals surface area contributed by atoms with Crippen molar-refractivity contribution in [2.24, 2.45) is 0 Å². The van der Waals surface area contributed by atoms with Crippen molar-refractivity contribution in [1.82, 2.24) is 5.16 Å². The van der Waals surface area contributed by atoms with Crippen molar-refractivity contribution in [3.8, 4) is 0 Å². The fourth-order valence-corrected chi connectivity index (χ4v) is 2.52. The summed E-state index contributed by atoms with van der Waals surface area (Å²) in [6, 6.07) is 6.77. The lowest BCUT2D eigenvalue weighted by Gasteiger charge is -2.12. The monoisotopic (exact) mass is 356 g/mol. The molecule has 1 aromatic heterocycles. The Morgan fingerprint density at radius 2 is 1.92 bits per heavy atom. The van der Waals surface area contributed by atoms with E-state index in [1.54, 1.807) is 24.3 Å². The second-order valence-electron chi connectivity index (χ2n) is 7.20. The number of carbonyl (C=O) groups is 3. The van der Waals surface area contributed by atoms with E-state index in [0.29, 0.717) is 23.6 Å². The van der Waals surface area contributed by atoms with Crippen molar-refractivity contribution in [3.05, 3.63) is 35.6 Å². The highest BCUT2D eigenvalue weighted by molar-refractivity contribution is 6.08. The molecule has 0 radical (unpaired) electrons. The molecule has 1 aliphatic heterocycles. The van der Waals surface area contributed by atoms with Crippen LogP contribution in [0.5, 0.6) is 0 Å². The predicted octanol–water partition coefficient (Wildman–Crippen LogP) is 2.43. The van der Waals surface area contributed by atoms with Crippen LogP contribution in [0, 0.1) is 0 Å². The molecule has 0 atom stereocenters. The number of aromatic nitrogens is 1. The van der Waals surface area contributed by atoms with Crippen LogP contribution in [-0.4, -0.2) is 22.9 Å². The molecule has 0 saturated carbocycles. The van der Waals surface area contributed by atoms with E-state index < -0.39 is 11.8 Å². The molecule has 8 nitrogen and oxygen atoms in total. The third-order valence-corrected chi connectivity index (χ3v) is 3.86. The lowest BCUT2D eigenvalue weighted by Crippen LogP contribution is -2.21. The number of carbonyl (C=O) groups excluding carboxylic acids is 3. The van der Waals surface area contributed by atoms with Crippen LogP contribution < -0.4 is 16.0 Å². The van der Waals surface area contributed by atoms with Gasteiger partial charge >= 0.3 is 0 Å². The normalized spacial score (nSPS) is 13.1. The quantitative estimate of drug-likeness (QED) is 0.728. The highest BCUT2D eigenvalue weighted by Gasteiger charge is 2.21. The topological polar surface area (TPSA) is 113 Å². The number of rotatable bonds is 4. The predicted molar refractivity (Wildman–Crippen MR) is 95.9 cm³/mol. The minimum absolute atomic E-state index is 0.0786. The maximum absolute atomic E-state index is 12.0. The average Bonchev–Trinajstić information content (AvgIpc) is 3.11. The number of benzene rings is 1. The zero-order chi connectivity index (χ0) is 18.9. The van der Waals surface area contributed by atoms with Crippen LogP contribution in [0.15, 0.2) is 28.8 Å². The molecule has 0 fully saturated rings. The van der Waals surface area contributed by atoms with Gasteiger partial charge in [0.2, 0.25) is 17.7 Å². The van der Waals surface area contributed by atoms with Crippen LogP contribution in [0.4, 0.5) is 17.2 Å². The molecule has 136 valence electrons. The molecule has 8 heteroatoms. The smallest absolute Gasteiger partial charge is 0.235 e. The first-order chi connectivity index (χ1) is 12.2. The van der Waals surface area contributed by atoms with Gasteiger partial charge in [-0.1, -0.05) is 32.0 Å². The fraction of sp³-hybridized carbons (Fsp3) is 0.333. The van der Waals surface area contributed by atoms with Crippen LogP contribution in [-0.2, 0) is 26.2 Å². The van der Waals surface area contributed by atoms with Crippen molar-refractivity contribution < 1.29 is 18.9 Å². The standard InChI is InChI=1S/C18H20N4O4/c1-18(2,3)13-8-14(22-26-13)21-17(25)9-16(24)19-11-5-4-10-6-15(23)20-12(10)7-11/h4-5,7-8H,6,9H2,1-3H3,(H,19,24)(H,20,23)(H,21,22,25). The molecule has 3 rings (SSSR count). The summed E-state index contributed by atoms with van der Waals surface area (Å²) in [5.74, 6) is -0.132. The maximum atomic E-state index is 12.0. The molecule has 0 aliphatic carbocycles. The van der Waals surface area contributed by atoms with Gasteiger partial charge in [0, 0.05) is 22.9 Å². The summed E-state index contributed by atoms with van der Waals surface area (Å²) in [6.07, 6.45) is -0.0264. The molecular formula is C18H20N4O4. The lowest BCUT2D eigenvalue weighted by atomic mass is 9.93. The van der Waals surface area contributed by atoms with Gasteiger partial charge in [0.15, 0.2) is 5.82 Å². The Kier molecular flexibility index (Phi) is 4.50. The Morgan fingerprint density at radius 1 is 1.19 bits per heavy atom. The molecule has 26 heavy (non-hydrogen) atoms. The molecule has 0 spiro atoms. The highest BCUT2D eigenvalue weighted by atomic mass is 16.5. The number of hydrogen-bond donors (Lipinski definition) is 3. The minimum Gasteiger partial charge on any atom is -0.359 e. The Bertz CT molecular complexity index is 880. The van der Waals surface area contributed by atoms with Gasteiger partial charge in [0.25, 0.3) is 0 Å². The van der Waals surface area contributed by atoms with Gasteiger partial charge in [-0.15, -0.1) is 0 Å². The zero-order valence-electron chi connectivity index (χ0n) is 14.8. The van der Waals surface area contributed by atoms with Crippen molar-refractivity contribution in [2.45, 2.75) is 39.0 Å². The number of fused-ring (bicyclic) bond motifs is 1. The summed E-state index contributed by atoms with van der Waals surface area (Å²) >= 11 is 0. The summed E-state index contributed by atoms with van der Waals surface area (Å²) in [7, 11) is 0. The van der Waals surface area contributed by atoms with Gasteiger partial charge in [-0.05, 0) is 17.7 Å². The molecule has 1 aliphatic rings. The second kappa shape index (κ2) is 6.62. The summed E-state index contributed by atoms with van der Waals surface area (Å²) in [6.45, 7) is 5.89. The van der Waals surface area contributed by atoms with Crippen LogP contribution in [0.3, 0.4) is 0 Å². The molecule has 3 amide bonds. The van der Waals surface area contributed by atoms with Crippen molar-refractivity contribution in [2.75, 3.05) is 16.0 Å². The van der Waals surface area contributed by atoms with Crippen LogP contribution >= 0.6 is 0 Å². The van der Waals surface area contributed by atoms with Crippen molar-refractivity contribution >= 4 is 34.9 Å². The Hall–Kier alpha value is -3.16. The number of amides is 3. The Balaban J connectivity index is 1.55. The number of nitrogens with one attached hydrogen (secondary N) is 3. The van der Waals surface area contributed by atoms with Gasteiger partial charge in [0.05, 0.1) is 6.42 Å². The molecule has 2 aromatic rings. The van der Waals surface area contributed by atoms with Crippen LogP contribution in [0.25, 0.3) is 0 Å². The summed E-state index contributed by atoms with van der Waals surface area (Å²) in [5, 5.41) is 11.7. The largest absolute Gasteiger partial charge is 0.359 e. The average molecular weight is 356 g/mol. The van der Waals surface area contributed by atoms with E-state index >= 15 is 0 Å². The van der Waals surface area contributed by atoms with Crippen molar-refractivity contribution in [3.63, 3.8) is 0 Å². The number of anilines is 3.